The molecule has 1 aromatic rings. The Morgan fingerprint density at radius 1 is 0.960 bits per heavy atom. The van der Waals surface area contributed by atoms with Crippen molar-refractivity contribution in [3.05, 3.63) is 29.3 Å². The zero-order valence-corrected chi connectivity index (χ0v) is 17.4. The second kappa shape index (κ2) is 8.19. The zero-order valence-electron chi connectivity index (χ0n) is 16.6. The number of benzene rings is 1. The normalized spacial score (nSPS) is 17.8. The molecule has 1 fully saturated rings. The van der Waals surface area contributed by atoms with Gasteiger partial charge < -0.3 is 0 Å². The summed E-state index contributed by atoms with van der Waals surface area (Å²) in [7, 11) is -3.41. The summed E-state index contributed by atoms with van der Waals surface area (Å²) in [6.07, 6.45) is 0.915. The van der Waals surface area contributed by atoms with Gasteiger partial charge in [-0.2, -0.15) is 4.31 Å². The maximum Gasteiger partial charge on any atom is 0.243 e. The molecule has 0 aromatic heterocycles. The highest BCUT2D eigenvalue weighted by molar-refractivity contribution is 7.89. The highest BCUT2D eigenvalue weighted by Crippen LogP contribution is 2.27. The molecule has 4 nitrogen and oxygen atoms in total. The summed E-state index contributed by atoms with van der Waals surface area (Å²) in [5.41, 5.74) is 2.43. The van der Waals surface area contributed by atoms with E-state index in [4.69, 9.17) is 0 Å². The molecule has 1 aliphatic rings. The van der Waals surface area contributed by atoms with Crippen LogP contribution in [0.4, 0.5) is 0 Å². The molecule has 1 aliphatic heterocycles. The van der Waals surface area contributed by atoms with Crippen LogP contribution in [0.15, 0.2) is 23.1 Å². The Hall–Kier alpha value is -0.910. The first kappa shape index (κ1) is 20.4. The maximum absolute atomic E-state index is 13.1. The molecule has 0 aliphatic carbocycles. The molecule has 0 spiro atoms. The van der Waals surface area contributed by atoms with Crippen LogP contribution >= 0.6 is 0 Å². The molecule has 5 heteroatoms. The molecule has 0 atom stereocenters. The standard InChI is InChI=1S/C20H34N2O2S/c1-15(2)13-18-14-19(7-8-20(18)16(3)4)25(23,24)22-11-9-21(10-12-22)17(5)6/h7-8,14-17H,9-13H2,1-6H3. The van der Waals surface area contributed by atoms with E-state index in [9.17, 15) is 8.42 Å². The van der Waals surface area contributed by atoms with E-state index in [1.165, 1.54) is 11.1 Å². The van der Waals surface area contributed by atoms with Gasteiger partial charge in [-0.25, -0.2) is 8.42 Å². The predicted molar refractivity (Wildman–Crippen MR) is 105 cm³/mol. The third-order valence-electron chi connectivity index (χ3n) is 5.01. The lowest BCUT2D eigenvalue weighted by atomic mass is 9.92. The van der Waals surface area contributed by atoms with Crippen LogP contribution in [0.3, 0.4) is 0 Å². The van der Waals surface area contributed by atoms with E-state index in [0.29, 0.717) is 35.9 Å². The van der Waals surface area contributed by atoms with Crippen molar-refractivity contribution in [3.8, 4) is 0 Å². The topological polar surface area (TPSA) is 40.6 Å². The van der Waals surface area contributed by atoms with Crippen LogP contribution in [-0.4, -0.2) is 49.8 Å². The van der Waals surface area contributed by atoms with Crippen LogP contribution in [0, 0.1) is 5.92 Å². The molecule has 0 unspecified atom stereocenters. The van der Waals surface area contributed by atoms with E-state index < -0.39 is 10.0 Å². The molecule has 1 heterocycles. The summed E-state index contributed by atoms with van der Waals surface area (Å²) in [6.45, 7) is 15.8. The van der Waals surface area contributed by atoms with Gasteiger partial charge in [0, 0.05) is 32.2 Å². The Morgan fingerprint density at radius 3 is 2.04 bits per heavy atom. The zero-order chi connectivity index (χ0) is 18.8. The molecule has 0 radical (unpaired) electrons. The smallest absolute Gasteiger partial charge is 0.243 e. The Labute approximate surface area is 154 Å². The number of rotatable bonds is 6. The third-order valence-corrected chi connectivity index (χ3v) is 6.90. The van der Waals surface area contributed by atoms with Gasteiger partial charge in [0.25, 0.3) is 0 Å². The lowest BCUT2D eigenvalue weighted by Crippen LogP contribution is -2.50. The molecule has 0 saturated carbocycles. The van der Waals surface area contributed by atoms with Crippen LogP contribution in [0.25, 0.3) is 0 Å². The van der Waals surface area contributed by atoms with Crippen molar-refractivity contribution in [3.63, 3.8) is 0 Å². The Kier molecular flexibility index (Phi) is 6.68. The van der Waals surface area contributed by atoms with Gasteiger partial charge in [0.15, 0.2) is 0 Å². The van der Waals surface area contributed by atoms with Gasteiger partial charge in [-0.1, -0.05) is 33.8 Å². The van der Waals surface area contributed by atoms with Crippen LogP contribution in [0.1, 0.15) is 58.6 Å². The summed E-state index contributed by atoms with van der Waals surface area (Å²) in [5, 5.41) is 0. The molecule has 0 bridgehead atoms. The van der Waals surface area contributed by atoms with Crippen LogP contribution in [0.5, 0.6) is 0 Å². The largest absolute Gasteiger partial charge is 0.298 e. The molecule has 1 saturated heterocycles. The van der Waals surface area contributed by atoms with Crippen molar-refractivity contribution in [1.82, 2.24) is 9.21 Å². The second-order valence-corrected chi connectivity index (χ2v) is 10.1. The lowest BCUT2D eigenvalue weighted by Gasteiger charge is -2.36. The van der Waals surface area contributed by atoms with Crippen molar-refractivity contribution in [2.75, 3.05) is 26.2 Å². The number of hydrogen-bond donors (Lipinski definition) is 0. The summed E-state index contributed by atoms with van der Waals surface area (Å²) in [5.74, 6) is 0.908. The summed E-state index contributed by atoms with van der Waals surface area (Å²) < 4.78 is 27.8. The van der Waals surface area contributed by atoms with E-state index in [2.05, 4.69) is 46.4 Å². The van der Waals surface area contributed by atoms with Crippen molar-refractivity contribution in [2.45, 2.75) is 64.8 Å². The van der Waals surface area contributed by atoms with E-state index in [-0.39, 0.29) is 0 Å². The van der Waals surface area contributed by atoms with Gasteiger partial charge in [0.05, 0.1) is 4.90 Å². The number of nitrogens with zero attached hydrogens (tertiary/aromatic N) is 2. The monoisotopic (exact) mass is 366 g/mol. The average molecular weight is 367 g/mol. The number of hydrogen-bond acceptors (Lipinski definition) is 3. The van der Waals surface area contributed by atoms with Crippen molar-refractivity contribution in [1.29, 1.82) is 0 Å². The van der Waals surface area contributed by atoms with Gasteiger partial charge in [0.1, 0.15) is 0 Å². The first-order valence-electron chi connectivity index (χ1n) is 9.50. The maximum atomic E-state index is 13.1. The Balaban J connectivity index is 2.27. The minimum Gasteiger partial charge on any atom is -0.298 e. The number of piperazine rings is 1. The first-order valence-corrected chi connectivity index (χ1v) is 10.9. The molecule has 0 amide bonds. The fourth-order valence-electron chi connectivity index (χ4n) is 3.53. The lowest BCUT2D eigenvalue weighted by molar-refractivity contribution is 0.154. The minimum atomic E-state index is -3.41. The third kappa shape index (κ3) is 4.83. The molecule has 142 valence electrons. The molecule has 1 aromatic carbocycles. The minimum absolute atomic E-state index is 0.403. The molecule has 25 heavy (non-hydrogen) atoms. The van der Waals surface area contributed by atoms with Crippen molar-refractivity contribution >= 4 is 10.0 Å². The van der Waals surface area contributed by atoms with Crippen LogP contribution < -0.4 is 0 Å². The van der Waals surface area contributed by atoms with E-state index in [1.54, 1.807) is 10.4 Å². The highest BCUT2D eigenvalue weighted by Gasteiger charge is 2.29. The quantitative estimate of drug-likeness (QED) is 0.770. The predicted octanol–water partition coefficient (Wildman–Crippen LogP) is 3.72. The second-order valence-electron chi connectivity index (χ2n) is 8.15. The van der Waals surface area contributed by atoms with Crippen LogP contribution in [-0.2, 0) is 16.4 Å². The van der Waals surface area contributed by atoms with Gasteiger partial charge >= 0.3 is 0 Å². The fourth-order valence-corrected chi connectivity index (χ4v) is 5.01. The van der Waals surface area contributed by atoms with Crippen molar-refractivity contribution in [2.24, 2.45) is 5.92 Å². The highest BCUT2D eigenvalue weighted by atomic mass is 32.2. The van der Waals surface area contributed by atoms with Gasteiger partial charge in [0.2, 0.25) is 10.0 Å². The summed E-state index contributed by atoms with van der Waals surface area (Å²) >= 11 is 0. The van der Waals surface area contributed by atoms with E-state index in [1.807, 2.05) is 12.1 Å². The summed E-state index contributed by atoms with van der Waals surface area (Å²) in [6, 6.07) is 6.19. The number of sulfonamides is 1. The Morgan fingerprint density at radius 2 is 1.56 bits per heavy atom. The fraction of sp³-hybridized carbons (Fsp3) is 0.700. The first-order chi connectivity index (χ1) is 11.6. The SMILES string of the molecule is CC(C)Cc1cc(S(=O)(=O)N2CCN(C(C)C)CC2)ccc1C(C)C. The molecule has 0 N–H and O–H groups in total. The van der Waals surface area contributed by atoms with Crippen LogP contribution in [0.2, 0.25) is 0 Å². The average Bonchev–Trinajstić information content (AvgIpc) is 2.54. The molecular formula is C20H34N2O2S. The van der Waals surface area contributed by atoms with Gasteiger partial charge in [-0.15, -0.1) is 0 Å². The van der Waals surface area contributed by atoms with Gasteiger partial charge in [-0.3, -0.25) is 4.90 Å². The van der Waals surface area contributed by atoms with E-state index in [0.717, 1.165) is 19.5 Å². The molecular weight excluding hydrogens is 332 g/mol. The van der Waals surface area contributed by atoms with Gasteiger partial charge in [-0.05, 0) is 55.4 Å². The summed E-state index contributed by atoms with van der Waals surface area (Å²) in [4.78, 5) is 2.78. The van der Waals surface area contributed by atoms with Crippen molar-refractivity contribution < 1.29 is 8.42 Å². The Bertz CT molecular complexity index is 673. The molecule has 2 rings (SSSR count). The van der Waals surface area contributed by atoms with E-state index >= 15 is 0 Å².